The second-order valence-corrected chi connectivity index (χ2v) is 4.79. The summed E-state index contributed by atoms with van der Waals surface area (Å²) >= 11 is 5.38. The Hall–Kier alpha value is -0.740. The molecule has 0 amide bonds. The monoisotopic (exact) mass is 310 g/mol. The van der Waals surface area contributed by atoms with Gasteiger partial charge in [-0.25, -0.2) is 0 Å². The number of hydrogen-bond donors (Lipinski definition) is 1. The lowest BCUT2D eigenvalue weighted by molar-refractivity contribution is -0.153. The summed E-state index contributed by atoms with van der Waals surface area (Å²) in [5.74, 6) is -0.734. The number of unbranched alkanes of at least 4 members (excludes halogenated alkanes) is 2. The van der Waals surface area contributed by atoms with Crippen LogP contribution in [0.2, 0.25) is 0 Å². The zero-order valence-electron chi connectivity index (χ0n) is 11.7. The van der Waals surface area contributed by atoms with E-state index in [0.29, 0.717) is 0 Å². The minimum atomic E-state index is -4.29. The first kappa shape index (κ1) is 19.3. The lowest BCUT2D eigenvalue weighted by Crippen LogP contribution is -2.21. The van der Waals surface area contributed by atoms with Crippen molar-refractivity contribution < 1.29 is 18.3 Å². The van der Waals surface area contributed by atoms with Gasteiger partial charge in [0.2, 0.25) is 0 Å². The van der Waals surface area contributed by atoms with E-state index in [9.17, 15) is 13.2 Å². The largest absolute Gasteiger partial charge is 0.396 e. The van der Waals surface area contributed by atoms with Gasteiger partial charge < -0.3 is 5.11 Å². The topological polar surface area (TPSA) is 20.2 Å². The van der Waals surface area contributed by atoms with Gasteiger partial charge in [-0.15, -0.1) is 11.6 Å². The highest BCUT2D eigenvalue weighted by atomic mass is 35.5. The second-order valence-electron chi connectivity index (χ2n) is 4.41. The SMILES string of the molecule is CCCCCCl.OCCC(c1ccccc1)C(F)(F)F. The Morgan fingerprint density at radius 2 is 1.75 bits per heavy atom. The summed E-state index contributed by atoms with van der Waals surface area (Å²) in [5.41, 5.74) is 0.203. The summed E-state index contributed by atoms with van der Waals surface area (Å²) in [7, 11) is 0. The molecule has 0 radical (unpaired) electrons. The van der Waals surface area contributed by atoms with Crippen molar-refractivity contribution in [1.82, 2.24) is 0 Å². The molecule has 1 unspecified atom stereocenters. The average molecular weight is 311 g/mol. The summed E-state index contributed by atoms with van der Waals surface area (Å²) in [6, 6.07) is 7.63. The molecule has 0 spiro atoms. The van der Waals surface area contributed by atoms with Crippen molar-refractivity contribution in [1.29, 1.82) is 0 Å². The van der Waals surface area contributed by atoms with Crippen molar-refractivity contribution in [2.24, 2.45) is 0 Å². The third kappa shape index (κ3) is 8.43. The van der Waals surface area contributed by atoms with Gasteiger partial charge in [-0.1, -0.05) is 50.1 Å². The van der Waals surface area contributed by atoms with Gasteiger partial charge in [-0.05, 0) is 18.4 Å². The van der Waals surface area contributed by atoms with E-state index in [1.807, 2.05) is 0 Å². The Morgan fingerprint density at radius 3 is 2.10 bits per heavy atom. The van der Waals surface area contributed by atoms with Crippen molar-refractivity contribution in [2.45, 2.75) is 44.7 Å². The minimum Gasteiger partial charge on any atom is -0.396 e. The number of aliphatic hydroxyl groups is 1. The molecule has 20 heavy (non-hydrogen) atoms. The van der Waals surface area contributed by atoms with E-state index in [0.717, 1.165) is 5.88 Å². The summed E-state index contributed by atoms with van der Waals surface area (Å²) in [6.45, 7) is 1.71. The second kappa shape index (κ2) is 11.0. The first-order chi connectivity index (χ1) is 9.47. The Balaban J connectivity index is 0.000000511. The lowest BCUT2D eigenvalue weighted by atomic mass is 9.96. The molecule has 1 nitrogen and oxygen atoms in total. The van der Waals surface area contributed by atoms with Crippen molar-refractivity contribution >= 4 is 11.6 Å². The van der Waals surface area contributed by atoms with Crippen molar-refractivity contribution in [3.8, 4) is 0 Å². The Kier molecular flexibility index (Phi) is 10.6. The fourth-order valence-corrected chi connectivity index (χ4v) is 1.87. The molecular weight excluding hydrogens is 289 g/mol. The van der Waals surface area contributed by atoms with Crippen LogP contribution in [0.15, 0.2) is 30.3 Å². The molecule has 1 N–H and O–H groups in total. The van der Waals surface area contributed by atoms with Crippen molar-refractivity contribution in [2.75, 3.05) is 12.5 Å². The number of benzene rings is 1. The molecule has 0 aliphatic carbocycles. The van der Waals surface area contributed by atoms with E-state index >= 15 is 0 Å². The molecule has 0 aliphatic rings. The number of halogens is 4. The zero-order chi connectivity index (χ0) is 15.4. The van der Waals surface area contributed by atoms with Crippen molar-refractivity contribution in [3.63, 3.8) is 0 Å². The Morgan fingerprint density at radius 1 is 1.15 bits per heavy atom. The summed E-state index contributed by atoms with van der Waals surface area (Å²) in [6.07, 6.45) is -0.841. The van der Waals surface area contributed by atoms with Crippen LogP contribution in [0.3, 0.4) is 0 Å². The average Bonchev–Trinajstić information content (AvgIpc) is 2.43. The van der Waals surface area contributed by atoms with Crippen LogP contribution < -0.4 is 0 Å². The molecule has 0 saturated heterocycles. The summed E-state index contributed by atoms with van der Waals surface area (Å²) < 4.78 is 37.4. The first-order valence-corrected chi connectivity index (χ1v) is 7.29. The highest BCUT2D eigenvalue weighted by molar-refractivity contribution is 6.17. The van der Waals surface area contributed by atoms with Crippen LogP contribution in [0, 0.1) is 0 Å². The number of hydrogen-bond acceptors (Lipinski definition) is 1. The lowest BCUT2D eigenvalue weighted by Gasteiger charge is -2.19. The molecule has 0 heterocycles. The smallest absolute Gasteiger partial charge is 0.395 e. The molecule has 5 heteroatoms. The minimum absolute atomic E-state index is 0.203. The molecule has 0 saturated carbocycles. The van der Waals surface area contributed by atoms with Crippen molar-refractivity contribution in [3.05, 3.63) is 35.9 Å². The van der Waals surface area contributed by atoms with Crippen LogP contribution in [0.4, 0.5) is 13.2 Å². The van der Waals surface area contributed by atoms with E-state index in [2.05, 4.69) is 6.92 Å². The molecule has 116 valence electrons. The predicted molar refractivity (Wildman–Crippen MR) is 77.2 cm³/mol. The maximum Gasteiger partial charge on any atom is 0.395 e. The Labute approximate surface area is 123 Å². The summed E-state index contributed by atoms with van der Waals surface area (Å²) in [4.78, 5) is 0. The molecular formula is C15H22ClF3O. The van der Waals surface area contributed by atoms with Gasteiger partial charge >= 0.3 is 6.18 Å². The standard InChI is InChI=1S/C10H11F3O.C5H11Cl/c11-10(12,13)9(6-7-14)8-4-2-1-3-5-8;1-2-3-4-5-6/h1-5,9,14H,6-7H2;2-5H2,1H3. The first-order valence-electron chi connectivity index (χ1n) is 6.75. The molecule has 0 fully saturated rings. The third-order valence-corrected chi connectivity index (χ3v) is 3.02. The molecule has 1 aromatic rings. The molecule has 1 atom stereocenters. The molecule has 1 rings (SSSR count). The molecule has 0 aromatic heterocycles. The number of alkyl halides is 4. The fraction of sp³-hybridized carbons (Fsp3) is 0.600. The van der Waals surface area contributed by atoms with E-state index in [4.69, 9.17) is 16.7 Å². The maximum atomic E-state index is 12.5. The van der Waals surface area contributed by atoms with Gasteiger partial charge in [0.15, 0.2) is 0 Å². The van der Waals surface area contributed by atoms with Gasteiger partial charge in [0.1, 0.15) is 0 Å². The highest BCUT2D eigenvalue weighted by Crippen LogP contribution is 2.36. The number of rotatable bonds is 6. The normalized spacial score (nSPS) is 12.5. The van der Waals surface area contributed by atoms with Crippen LogP contribution in [-0.4, -0.2) is 23.8 Å². The van der Waals surface area contributed by atoms with Gasteiger partial charge in [0.25, 0.3) is 0 Å². The van der Waals surface area contributed by atoms with Crippen LogP contribution in [0.1, 0.15) is 44.1 Å². The van der Waals surface area contributed by atoms with Crippen LogP contribution in [0.5, 0.6) is 0 Å². The highest BCUT2D eigenvalue weighted by Gasteiger charge is 2.39. The maximum absolute atomic E-state index is 12.5. The molecule has 1 aromatic carbocycles. The van der Waals surface area contributed by atoms with Crippen LogP contribution >= 0.6 is 11.6 Å². The summed E-state index contributed by atoms with van der Waals surface area (Å²) in [5, 5.41) is 8.56. The van der Waals surface area contributed by atoms with E-state index in [1.54, 1.807) is 18.2 Å². The fourth-order valence-electron chi connectivity index (χ4n) is 1.68. The molecule has 0 bridgehead atoms. The van der Waals surface area contributed by atoms with Gasteiger partial charge in [0.05, 0.1) is 5.92 Å². The van der Waals surface area contributed by atoms with Gasteiger partial charge in [-0.2, -0.15) is 13.2 Å². The van der Waals surface area contributed by atoms with Gasteiger partial charge in [0, 0.05) is 12.5 Å². The third-order valence-electron chi connectivity index (χ3n) is 2.75. The van der Waals surface area contributed by atoms with Crippen LogP contribution in [-0.2, 0) is 0 Å². The van der Waals surface area contributed by atoms with E-state index < -0.39 is 18.7 Å². The Bertz CT molecular complexity index is 324. The van der Waals surface area contributed by atoms with E-state index in [1.165, 1.54) is 31.4 Å². The molecule has 0 aliphatic heterocycles. The van der Waals surface area contributed by atoms with E-state index in [-0.39, 0.29) is 12.0 Å². The quantitative estimate of drug-likeness (QED) is 0.570. The zero-order valence-corrected chi connectivity index (χ0v) is 12.4. The van der Waals surface area contributed by atoms with Crippen LogP contribution in [0.25, 0.3) is 0 Å². The van der Waals surface area contributed by atoms with Gasteiger partial charge in [-0.3, -0.25) is 0 Å². The number of aliphatic hydroxyl groups excluding tert-OH is 1. The predicted octanol–water partition coefficient (Wildman–Crippen LogP) is 5.13.